The zero-order chi connectivity index (χ0) is 21.3. The van der Waals surface area contributed by atoms with Gasteiger partial charge in [-0.25, -0.2) is 4.79 Å². The number of fused-ring (bicyclic) bond motifs is 1. The number of nitrogens with one attached hydrogen (secondary N) is 4. The van der Waals surface area contributed by atoms with Gasteiger partial charge in [0.1, 0.15) is 18.5 Å². The molecule has 2 amide bonds. The number of aliphatic hydroxyl groups excluding tert-OH is 1. The molecule has 0 saturated carbocycles. The van der Waals surface area contributed by atoms with Crippen LogP contribution in [0.4, 0.5) is 10.5 Å². The minimum Gasteiger partial charge on any atom is -0.490 e. The zero-order valence-corrected chi connectivity index (χ0v) is 17.4. The van der Waals surface area contributed by atoms with E-state index in [9.17, 15) is 9.90 Å². The summed E-state index contributed by atoms with van der Waals surface area (Å²) < 4.78 is 5.77. The van der Waals surface area contributed by atoms with Gasteiger partial charge in [-0.1, -0.05) is 18.2 Å². The largest absolute Gasteiger partial charge is 0.490 e. The summed E-state index contributed by atoms with van der Waals surface area (Å²) >= 11 is 0. The molecule has 160 valence electrons. The predicted molar refractivity (Wildman–Crippen MR) is 120 cm³/mol. The van der Waals surface area contributed by atoms with Gasteiger partial charge in [-0.2, -0.15) is 0 Å². The number of aromatic nitrogens is 1. The highest BCUT2D eigenvalue weighted by atomic mass is 16.5. The highest BCUT2D eigenvalue weighted by molar-refractivity contribution is 5.89. The lowest BCUT2D eigenvalue weighted by molar-refractivity contribution is 0.107. The predicted octanol–water partition coefficient (Wildman–Crippen LogP) is 3.27. The van der Waals surface area contributed by atoms with Crippen molar-refractivity contribution in [1.82, 2.24) is 15.6 Å². The molecule has 3 rings (SSSR count). The molecule has 7 heteroatoms. The number of H-pyrrole nitrogens is 1. The molecule has 2 aromatic carbocycles. The first-order valence-corrected chi connectivity index (χ1v) is 10.3. The second kappa shape index (κ2) is 10.7. The quantitative estimate of drug-likeness (QED) is 0.331. The van der Waals surface area contributed by atoms with Crippen LogP contribution in [0.2, 0.25) is 0 Å². The van der Waals surface area contributed by atoms with E-state index in [1.807, 2.05) is 68.6 Å². The highest BCUT2D eigenvalue weighted by Gasteiger charge is 2.08. The van der Waals surface area contributed by atoms with Crippen molar-refractivity contribution >= 4 is 22.6 Å². The van der Waals surface area contributed by atoms with Crippen molar-refractivity contribution in [2.75, 3.05) is 25.0 Å². The number of urea groups is 1. The van der Waals surface area contributed by atoms with Crippen LogP contribution in [0.5, 0.6) is 5.75 Å². The van der Waals surface area contributed by atoms with Crippen molar-refractivity contribution in [3.05, 3.63) is 60.3 Å². The third-order valence-electron chi connectivity index (χ3n) is 4.59. The molecule has 7 nitrogen and oxygen atoms in total. The Bertz CT molecular complexity index is 937. The van der Waals surface area contributed by atoms with Crippen molar-refractivity contribution in [3.63, 3.8) is 0 Å². The fourth-order valence-corrected chi connectivity index (χ4v) is 3.11. The van der Waals surface area contributed by atoms with E-state index in [0.717, 1.165) is 40.9 Å². The van der Waals surface area contributed by atoms with E-state index in [4.69, 9.17) is 4.74 Å². The molecule has 30 heavy (non-hydrogen) atoms. The van der Waals surface area contributed by atoms with E-state index in [0.29, 0.717) is 6.54 Å². The van der Waals surface area contributed by atoms with Gasteiger partial charge in [0, 0.05) is 35.4 Å². The van der Waals surface area contributed by atoms with Crippen molar-refractivity contribution in [1.29, 1.82) is 0 Å². The number of aromatic amines is 1. The summed E-state index contributed by atoms with van der Waals surface area (Å²) in [6, 6.07) is 15.4. The number of aliphatic hydroxyl groups is 1. The van der Waals surface area contributed by atoms with Gasteiger partial charge in [-0.05, 0) is 62.7 Å². The Morgan fingerprint density at radius 3 is 2.70 bits per heavy atom. The maximum absolute atomic E-state index is 11.7. The van der Waals surface area contributed by atoms with Crippen LogP contribution in [-0.4, -0.2) is 48.0 Å². The summed E-state index contributed by atoms with van der Waals surface area (Å²) in [4.78, 5) is 14.9. The van der Waals surface area contributed by atoms with Crippen LogP contribution in [0.15, 0.2) is 54.7 Å². The van der Waals surface area contributed by atoms with E-state index in [1.54, 1.807) is 0 Å². The summed E-state index contributed by atoms with van der Waals surface area (Å²) in [5, 5.41) is 20.0. The molecular formula is C23H30N4O3. The molecule has 0 aliphatic heterocycles. The number of hydrogen-bond donors (Lipinski definition) is 5. The van der Waals surface area contributed by atoms with Gasteiger partial charge in [0.2, 0.25) is 0 Å². The van der Waals surface area contributed by atoms with Gasteiger partial charge in [0.15, 0.2) is 0 Å². The second-order valence-corrected chi connectivity index (χ2v) is 7.56. The maximum Gasteiger partial charge on any atom is 0.319 e. The molecule has 0 spiro atoms. The van der Waals surface area contributed by atoms with Gasteiger partial charge >= 0.3 is 6.03 Å². The van der Waals surface area contributed by atoms with Crippen molar-refractivity contribution in [2.45, 2.75) is 32.4 Å². The lowest BCUT2D eigenvalue weighted by Crippen LogP contribution is -2.34. The number of anilines is 1. The Kier molecular flexibility index (Phi) is 7.70. The summed E-state index contributed by atoms with van der Waals surface area (Å²) in [5.74, 6) is 0.767. The number of carbonyl (C=O) groups excluding carboxylic acids is 1. The third-order valence-corrected chi connectivity index (χ3v) is 4.59. The van der Waals surface area contributed by atoms with E-state index in [-0.39, 0.29) is 18.7 Å². The molecule has 0 aliphatic rings. The van der Waals surface area contributed by atoms with E-state index in [2.05, 4.69) is 20.9 Å². The lowest BCUT2D eigenvalue weighted by Gasteiger charge is -2.14. The average molecular weight is 411 g/mol. The van der Waals surface area contributed by atoms with Crippen LogP contribution in [0.25, 0.3) is 10.9 Å². The van der Waals surface area contributed by atoms with Crippen LogP contribution in [0.1, 0.15) is 19.4 Å². The van der Waals surface area contributed by atoms with E-state index >= 15 is 0 Å². The number of rotatable bonds is 10. The maximum atomic E-state index is 11.7. The molecule has 0 fully saturated rings. The Hall–Kier alpha value is -3.03. The van der Waals surface area contributed by atoms with Crippen LogP contribution in [0.3, 0.4) is 0 Å². The first kappa shape index (κ1) is 21.7. The Balaban J connectivity index is 1.34. The normalized spacial score (nSPS) is 12.1. The van der Waals surface area contributed by atoms with Gasteiger partial charge in [-0.3, -0.25) is 0 Å². The van der Waals surface area contributed by atoms with Crippen molar-refractivity contribution < 1.29 is 14.6 Å². The number of ether oxygens (including phenoxy) is 1. The average Bonchev–Trinajstić information content (AvgIpc) is 3.19. The molecule has 0 saturated heterocycles. The third kappa shape index (κ3) is 6.50. The smallest absolute Gasteiger partial charge is 0.319 e. The van der Waals surface area contributed by atoms with Crippen LogP contribution in [-0.2, 0) is 6.42 Å². The fraction of sp³-hybridized carbons (Fsp3) is 0.348. The molecular weight excluding hydrogens is 380 g/mol. The summed E-state index contributed by atoms with van der Waals surface area (Å²) in [6.07, 6.45) is 2.11. The number of amides is 2. The fourth-order valence-electron chi connectivity index (χ4n) is 3.11. The summed E-state index contributed by atoms with van der Waals surface area (Å²) in [7, 11) is 0. The zero-order valence-electron chi connectivity index (χ0n) is 17.4. The standard InChI is InChI=1S/C23H30N4O3/c1-16(2)26-23(29)27-18-8-6-17(7-9-18)10-12-24-14-19(28)15-30-22-5-3-4-21-20(22)11-13-25-21/h3-9,11,13,16,19,24-25,28H,10,12,14-15H2,1-2H3,(H2,26,27,29)/t19-/m0/s1. The molecule has 0 radical (unpaired) electrons. The molecule has 0 bridgehead atoms. The number of hydrogen-bond acceptors (Lipinski definition) is 4. The van der Waals surface area contributed by atoms with E-state index in [1.165, 1.54) is 0 Å². The summed E-state index contributed by atoms with van der Waals surface area (Å²) in [6.45, 7) is 5.27. The second-order valence-electron chi connectivity index (χ2n) is 7.56. The van der Waals surface area contributed by atoms with Crippen LogP contribution >= 0.6 is 0 Å². The van der Waals surface area contributed by atoms with Crippen molar-refractivity contribution in [3.8, 4) is 5.75 Å². The minimum atomic E-state index is -0.592. The molecule has 3 aromatic rings. The Morgan fingerprint density at radius 1 is 1.13 bits per heavy atom. The summed E-state index contributed by atoms with van der Waals surface area (Å²) in [5.41, 5.74) is 2.93. The first-order chi connectivity index (χ1) is 14.5. The highest BCUT2D eigenvalue weighted by Crippen LogP contribution is 2.24. The number of benzene rings is 2. The Labute approximate surface area is 176 Å². The topological polar surface area (TPSA) is 98.4 Å². The van der Waals surface area contributed by atoms with Gasteiger partial charge < -0.3 is 30.8 Å². The number of carbonyl (C=O) groups is 1. The van der Waals surface area contributed by atoms with Crippen molar-refractivity contribution in [2.24, 2.45) is 0 Å². The monoisotopic (exact) mass is 410 g/mol. The van der Waals surface area contributed by atoms with Gasteiger partial charge in [-0.15, -0.1) is 0 Å². The SMILES string of the molecule is CC(C)NC(=O)Nc1ccc(CCNC[C@H](O)COc2cccc3[nH]ccc23)cc1. The van der Waals surface area contributed by atoms with Crippen LogP contribution in [0, 0.1) is 0 Å². The van der Waals surface area contributed by atoms with E-state index < -0.39 is 6.10 Å². The Morgan fingerprint density at radius 2 is 1.93 bits per heavy atom. The molecule has 1 atom stereocenters. The minimum absolute atomic E-state index is 0.0958. The molecule has 1 aromatic heterocycles. The first-order valence-electron chi connectivity index (χ1n) is 10.3. The molecule has 5 N–H and O–H groups in total. The van der Waals surface area contributed by atoms with Gasteiger partial charge in [0.25, 0.3) is 0 Å². The van der Waals surface area contributed by atoms with Gasteiger partial charge in [0.05, 0.1) is 0 Å². The van der Waals surface area contributed by atoms with Crippen LogP contribution < -0.4 is 20.7 Å². The lowest BCUT2D eigenvalue weighted by atomic mass is 10.1. The molecule has 0 aliphatic carbocycles. The molecule has 1 heterocycles. The molecule has 0 unspecified atom stereocenters.